The summed E-state index contributed by atoms with van der Waals surface area (Å²) in [6.45, 7) is 6.54. The van der Waals surface area contributed by atoms with Crippen molar-refractivity contribution in [3.8, 4) is 0 Å². The number of nitrogens with one attached hydrogen (secondary N) is 12. The van der Waals surface area contributed by atoms with E-state index in [0.29, 0.717) is 66.4 Å². The van der Waals surface area contributed by atoms with Crippen molar-refractivity contribution in [1.29, 1.82) is 21.6 Å². The van der Waals surface area contributed by atoms with E-state index in [0.717, 1.165) is 144 Å². The van der Waals surface area contributed by atoms with Crippen LogP contribution in [0, 0.1) is 44.9 Å². The second kappa shape index (κ2) is 46.2. The summed E-state index contributed by atoms with van der Waals surface area (Å²) in [5.41, 5.74) is 3.75. The van der Waals surface area contributed by atoms with Gasteiger partial charge in [0.15, 0.2) is 0 Å². The third-order valence-electron chi connectivity index (χ3n) is 21.7. The van der Waals surface area contributed by atoms with Crippen LogP contribution in [0.25, 0.3) is 0 Å². The molecule has 0 saturated carbocycles. The van der Waals surface area contributed by atoms with E-state index >= 15 is 0 Å². The lowest BCUT2D eigenvalue weighted by molar-refractivity contribution is 0.100. The van der Waals surface area contributed by atoms with E-state index < -0.39 is 70.5 Å². The van der Waals surface area contributed by atoms with Crippen LogP contribution in [-0.2, 0) is 0 Å². The molecule has 8 amide bonds. The molecule has 0 unspecified atom stereocenters. The number of carbonyl (C=O) groups excluding carboxylic acids is 8. The molecule has 4 fully saturated rings. The smallest absolute Gasteiger partial charge is 0.259 e. The number of amidine groups is 4. The highest BCUT2D eigenvalue weighted by Gasteiger charge is 2.27. The van der Waals surface area contributed by atoms with E-state index in [1.54, 1.807) is 146 Å². The second-order valence-electron chi connectivity index (χ2n) is 31.0. The molecule has 4 saturated heterocycles. The Morgan fingerprint density at radius 3 is 0.851 bits per heavy atom. The van der Waals surface area contributed by atoms with E-state index in [2.05, 4.69) is 78.4 Å². The van der Waals surface area contributed by atoms with Crippen LogP contribution < -0.4 is 42.5 Å². The molecule has 8 heterocycles. The number of hydrogen-bond acceptors (Lipinski definition) is 16. The number of carbonyl (C=O) groups is 8. The number of pyridine rings is 4. The van der Waals surface area contributed by atoms with Crippen LogP contribution in [0.15, 0.2) is 248 Å². The summed E-state index contributed by atoms with van der Waals surface area (Å²) in [7, 11) is 0. The van der Waals surface area contributed by atoms with E-state index in [9.17, 15) is 55.9 Å². The fourth-order valence-corrected chi connectivity index (χ4v) is 15.2. The van der Waals surface area contributed by atoms with E-state index in [1.165, 1.54) is 85.8 Å². The van der Waals surface area contributed by atoms with Crippen molar-refractivity contribution < 1.29 is 55.9 Å². The molecule has 8 aromatic carbocycles. The van der Waals surface area contributed by atoms with Gasteiger partial charge >= 0.3 is 0 Å². The van der Waals surface area contributed by atoms with Crippen molar-refractivity contribution in [1.82, 2.24) is 39.5 Å². The number of likely N-dealkylation sites (tertiary alicyclic amines) is 4. The maximum absolute atomic E-state index is 14.8. The molecule has 684 valence electrons. The molecule has 4 aromatic heterocycles. The van der Waals surface area contributed by atoms with Gasteiger partial charge in [0.1, 0.15) is 69.9 Å². The Labute approximate surface area is 791 Å². The number of halogens is 8. The minimum atomic E-state index is -0.735. The highest BCUT2D eigenvalue weighted by molar-refractivity contribution is 9.10. The topological polar surface area (TPSA) is 393 Å². The third kappa shape index (κ3) is 26.3. The lowest BCUT2D eigenvalue weighted by Crippen LogP contribution is -2.35. The molecular weight excluding hydrogens is 1850 g/mol. The number of piperidine rings is 2. The number of anilines is 8. The third-order valence-corrected chi connectivity index (χ3v) is 22.8. The second-order valence-corrected chi connectivity index (χ2v) is 33.2. The van der Waals surface area contributed by atoms with Crippen molar-refractivity contribution in [3.05, 3.63) is 353 Å². The zero-order valence-electron chi connectivity index (χ0n) is 71.7. The largest absolute Gasteiger partial charge is 0.357 e. The van der Waals surface area contributed by atoms with Gasteiger partial charge in [-0.2, -0.15) is 0 Å². The minimum absolute atomic E-state index is 0.0263. The van der Waals surface area contributed by atoms with Gasteiger partial charge in [-0.25, -0.2) is 37.5 Å². The maximum Gasteiger partial charge on any atom is 0.259 e. The summed E-state index contributed by atoms with van der Waals surface area (Å²) in [5.74, 6) is -4.68. The van der Waals surface area contributed by atoms with Crippen LogP contribution in [0.3, 0.4) is 0 Å². The molecule has 0 radical (unpaired) electrons. The van der Waals surface area contributed by atoms with E-state index in [4.69, 9.17) is 56.4 Å². The number of nitrogens with zero attached hydrogens (tertiary/aromatic N) is 8. The molecule has 4 aliphatic rings. The fraction of sp³-hybridized carbons (Fsp3) is 0.184. The summed E-state index contributed by atoms with van der Waals surface area (Å²) in [6.07, 6.45) is 16.4. The molecule has 16 rings (SSSR count). The Morgan fingerprint density at radius 2 is 0.537 bits per heavy atom. The highest BCUT2D eigenvalue weighted by atomic mass is 79.9. The average molecular weight is 1940 g/mol. The highest BCUT2D eigenvalue weighted by Crippen LogP contribution is 2.29. The minimum Gasteiger partial charge on any atom is -0.357 e. The molecule has 0 bridgehead atoms. The number of rotatable bonds is 20. The number of hydrogen-bond donors (Lipinski definition) is 12. The van der Waals surface area contributed by atoms with Gasteiger partial charge in [0.25, 0.3) is 47.3 Å². The number of aromatic nitrogens is 4. The van der Waals surface area contributed by atoms with Gasteiger partial charge in [0, 0.05) is 115 Å². The fourth-order valence-electron chi connectivity index (χ4n) is 14.6. The first-order valence-electron chi connectivity index (χ1n) is 42.5. The SMILES string of the molecule is N=C(c1ccc(C(=O)Nc2ccc(F)cc2C(=O)Nc2ccc(Br)cn2)cc1)N1CCCCC1.N=C(c1ccc(C(=O)Nc2ccc(F)cc2C(=O)Nc2ccc(Cl)cn2)cc1)N1CCCC1.N=C(c1ccc(C(=O)Nc2ccccc2C(=O)Nc2ccc(Cl)cn2)c(F)c1)N1CCCC1.N=C(c1ccc(C(=O)Nc2ccccc2C(=O)Nc2ccc(Cl)cn2)c(F)c1)N1CCCCC1. The van der Waals surface area contributed by atoms with Gasteiger partial charge in [-0.1, -0.05) is 95.5 Å². The first-order chi connectivity index (χ1) is 64.6. The van der Waals surface area contributed by atoms with Crippen molar-refractivity contribution >= 4 is 167 Å². The zero-order valence-corrected chi connectivity index (χ0v) is 75.5. The number of amides is 8. The summed E-state index contributed by atoms with van der Waals surface area (Å²) >= 11 is 20.7. The molecule has 0 aliphatic carbocycles. The lowest BCUT2D eigenvalue weighted by Gasteiger charge is -2.29. The number of para-hydroxylation sites is 2. The first kappa shape index (κ1) is 96.6. The van der Waals surface area contributed by atoms with Crippen LogP contribution in [0.4, 0.5) is 63.6 Å². The molecule has 12 aromatic rings. The van der Waals surface area contributed by atoms with Crippen LogP contribution in [0.1, 0.15) is 169 Å². The first-order valence-corrected chi connectivity index (χ1v) is 44.5. The van der Waals surface area contributed by atoms with Crippen molar-refractivity contribution in [2.75, 3.05) is 94.9 Å². The summed E-state index contributed by atoms with van der Waals surface area (Å²) in [6, 6.07) is 54.3. The monoisotopic (exact) mass is 1930 g/mol. The summed E-state index contributed by atoms with van der Waals surface area (Å²) in [4.78, 5) is 126. The molecule has 0 atom stereocenters. The quantitative estimate of drug-likeness (QED) is 0.0192. The molecule has 36 heteroatoms. The van der Waals surface area contributed by atoms with E-state index in [1.807, 2.05) is 19.6 Å². The van der Waals surface area contributed by atoms with Crippen molar-refractivity contribution in [2.45, 2.75) is 64.2 Å². The molecule has 4 aliphatic heterocycles. The van der Waals surface area contributed by atoms with Gasteiger partial charge in [-0.3, -0.25) is 60.0 Å². The summed E-state index contributed by atoms with van der Waals surface area (Å²) in [5, 5.41) is 55.6. The van der Waals surface area contributed by atoms with Crippen LogP contribution in [0.5, 0.6) is 0 Å². The zero-order chi connectivity index (χ0) is 94.9. The van der Waals surface area contributed by atoms with Crippen LogP contribution in [-0.4, -0.2) is 162 Å². The molecule has 134 heavy (non-hydrogen) atoms. The summed E-state index contributed by atoms with van der Waals surface area (Å²) < 4.78 is 58.1. The van der Waals surface area contributed by atoms with Crippen LogP contribution in [0.2, 0.25) is 15.1 Å². The van der Waals surface area contributed by atoms with Gasteiger partial charge in [-0.15, -0.1) is 0 Å². The Hall–Kier alpha value is -14.9. The molecule has 12 N–H and O–H groups in total. The molecular formula is C98H88BrCl3F4N20O8. The van der Waals surface area contributed by atoms with Crippen LogP contribution >= 0.6 is 50.7 Å². The van der Waals surface area contributed by atoms with Gasteiger partial charge in [0.2, 0.25) is 0 Å². The predicted octanol–water partition coefficient (Wildman–Crippen LogP) is 20.1. The normalized spacial score (nSPS) is 13.1. The van der Waals surface area contributed by atoms with Crippen molar-refractivity contribution in [2.24, 2.45) is 0 Å². The Morgan fingerprint density at radius 1 is 0.269 bits per heavy atom. The van der Waals surface area contributed by atoms with Gasteiger partial charge in [-0.05, 0) is 238 Å². The Bertz CT molecular complexity index is 6370. The van der Waals surface area contributed by atoms with Gasteiger partial charge in [0.05, 0.1) is 71.2 Å². The Balaban J connectivity index is 0.000000152. The molecule has 28 nitrogen and oxygen atoms in total. The molecule has 0 spiro atoms. The maximum atomic E-state index is 14.8. The van der Waals surface area contributed by atoms with Gasteiger partial charge < -0.3 is 62.1 Å². The lowest BCUT2D eigenvalue weighted by atomic mass is 10.1. The predicted molar refractivity (Wildman–Crippen MR) is 514 cm³/mol. The standard InChI is InChI=1S/C25H23BrFN5O2.C25H23ClFN5O2.2C24H21ClFN5O2/c26-18-8-11-22(29-15-18)31-25(34)20-14-19(27)9-10-21(20)30-24(33)17-6-4-16(5-7-17)23(28)32-12-2-1-3-13-32;26-17-9-11-22(29-15-17)31-25(34)19-6-2-3-7-21(19)30-24(33)18-10-8-16(14-20(18)27)23(28)32-12-4-1-5-13-32;25-17-7-10-21(28-14-17)30-24(33)19-13-18(26)8-9-20(19)29-23(32)16-5-3-15(4-6-16)22(27)31-11-1-2-12-31;25-16-8-10-21(28-14-16)30-24(33)18-5-1-2-6-20(18)29-23(32)17-9-7-15(13-19(17)26)22(27)31-11-3-4-12-31/h4-11,14-15,28H,1-3,12-13H2,(H,30,33)(H,29,31,34);2-3,6-11,14-15,28H,1,4-5,12-13H2,(H,30,33)(H,29,31,34);3-10,13-14,27H,1-2,11-12H2,(H,29,32)(H,28,30,33);1-2,5-10,13-14,27H,3-4,11-12H2,(H,29,32)(H,28,30,33). The number of benzene rings is 8. The van der Waals surface area contributed by atoms with E-state index in [-0.39, 0.29) is 73.6 Å². The van der Waals surface area contributed by atoms with Crippen molar-refractivity contribution in [3.63, 3.8) is 0 Å². The average Bonchev–Trinajstić information content (AvgIpc) is 1.64. The Kier molecular flexibility index (Phi) is 33.3.